The molecule has 0 unspecified atom stereocenters. The first-order valence-corrected chi connectivity index (χ1v) is 4.72. The van der Waals surface area contributed by atoms with Crippen LogP contribution in [0.5, 0.6) is 0 Å². The molecule has 0 rings (SSSR count). The fourth-order valence-corrected chi connectivity index (χ4v) is 1.20. The first kappa shape index (κ1) is 13.4. The molecule has 1 amide bonds. The molecule has 0 saturated carbocycles. The lowest BCUT2D eigenvalue weighted by molar-refractivity contribution is -0.125. The summed E-state index contributed by atoms with van der Waals surface area (Å²) in [5.74, 6) is -0.0846. The van der Waals surface area contributed by atoms with Gasteiger partial charge in [-0.05, 0) is 33.6 Å². The second kappa shape index (κ2) is 5.96. The van der Waals surface area contributed by atoms with Crippen LogP contribution in [0.2, 0.25) is 0 Å². The van der Waals surface area contributed by atoms with Gasteiger partial charge >= 0.3 is 0 Å². The first-order chi connectivity index (χ1) is 6.95. The molecule has 0 aliphatic heterocycles. The highest BCUT2D eigenvalue weighted by atomic mass is 16.2. The molecule has 0 aromatic heterocycles. The van der Waals surface area contributed by atoms with Gasteiger partial charge in [-0.2, -0.15) is 0 Å². The SMILES string of the molecule is C=N/C(C)=C(\C)N(C(=C)/C=C\C)C(C)=O. The number of nitrogens with zero attached hydrogens (tertiary/aromatic N) is 2. The van der Waals surface area contributed by atoms with E-state index in [1.54, 1.807) is 13.0 Å². The summed E-state index contributed by atoms with van der Waals surface area (Å²) < 4.78 is 0. The second-order valence-electron chi connectivity index (χ2n) is 3.17. The van der Waals surface area contributed by atoms with Gasteiger partial charge in [0.05, 0.1) is 5.70 Å². The minimum absolute atomic E-state index is 0.0846. The maximum atomic E-state index is 11.5. The van der Waals surface area contributed by atoms with Crippen LogP contribution >= 0.6 is 0 Å². The van der Waals surface area contributed by atoms with Crippen LogP contribution in [0.3, 0.4) is 0 Å². The third-order valence-corrected chi connectivity index (χ3v) is 2.06. The van der Waals surface area contributed by atoms with Crippen LogP contribution in [0.4, 0.5) is 0 Å². The van der Waals surface area contributed by atoms with Crippen LogP contribution in [-0.4, -0.2) is 17.5 Å². The number of carbonyl (C=O) groups excluding carboxylic acids is 1. The lowest BCUT2D eigenvalue weighted by atomic mass is 10.2. The fraction of sp³-hybridized carbons (Fsp3) is 0.333. The molecule has 0 N–H and O–H groups in total. The Morgan fingerprint density at radius 1 is 1.33 bits per heavy atom. The van der Waals surface area contributed by atoms with Crippen molar-refractivity contribution in [2.24, 2.45) is 4.99 Å². The molecule has 0 bridgehead atoms. The third kappa shape index (κ3) is 3.54. The smallest absolute Gasteiger partial charge is 0.228 e. The molecule has 0 atom stereocenters. The van der Waals surface area contributed by atoms with Gasteiger partial charge in [-0.25, -0.2) is 0 Å². The Morgan fingerprint density at radius 2 is 1.87 bits per heavy atom. The van der Waals surface area contributed by atoms with Gasteiger partial charge in [0.15, 0.2) is 0 Å². The van der Waals surface area contributed by atoms with E-state index in [1.165, 1.54) is 11.8 Å². The van der Waals surface area contributed by atoms with Crippen molar-refractivity contribution in [1.29, 1.82) is 0 Å². The summed E-state index contributed by atoms with van der Waals surface area (Å²) in [6, 6.07) is 0. The molecule has 82 valence electrons. The molecule has 0 aromatic rings. The molecule has 0 aromatic carbocycles. The average molecular weight is 206 g/mol. The van der Waals surface area contributed by atoms with Crippen LogP contribution in [-0.2, 0) is 4.79 Å². The Kier molecular flexibility index (Phi) is 5.31. The molecular formula is C12H18N2O. The molecule has 0 aliphatic carbocycles. The van der Waals surface area contributed by atoms with Gasteiger partial charge in [0.2, 0.25) is 5.91 Å². The number of aliphatic imine (C=N–C) groups is 1. The molecule has 3 heteroatoms. The largest absolute Gasteiger partial charge is 0.284 e. The molecule has 0 heterocycles. The van der Waals surface area contributed by atoms with Gasteiger partial charge in [0, 0.05) is 18.3 Å². The van der Waals surface area contributed by atoms with Gasteiger partial charge < -0.3 is 0 Å². The highest BCUT2D eigenvalue weighted by Crippen LogP contribution is 2.16. The Hall–Kier alpha value is -1.64. The predicted molar refractivity (Wildman–Crippen MR) is 64.4 cm³/mol. The number of allylic oxidation sites excluding steroid dienone is 4. The molecule has 0 radical (unpaired) electrons. The van der Waals surface area contributed by atoms with Gasteiger partial charge in [-0.15, -0.1) is 0 Å². The lowest BCUT2D eigenvalue weighted by Crippen LogP contribution is -2.25. The maximum Gasteiger partial charge on any atom is 0.228 e. The number of rotatable bonds is 4. The third-order valence-electron chi connectivity index (χ3n) is 2.06. The van der Waals surface area contributed by atoms with E-state index in [0.29, 0.717) is 5.70 Å². The zero-order valence-electron chi connectivity index (χ0n) is 9.87. The number of carbonyl (C=O) groups is 1. The lowest BCUT2D eigenvalue weighted by Gasteiger charge is -2.22. The summed E-state index contributed by atoms with van der Waals surface area (Å²) in [5.41, 5.74) is 2.10. The Bertz CT molecular complexity index is 338. The standard InChI is InChI=1S/C12H18N2O/c1-7-8-9(2)14(12(5)15)11(4)10(3)13-6/h7-8H,2,6H2,1,3-5H3/b8-7-,11-10+. The molecule has 0 spiro atoms. The topological polar surface area (TPSA) is 32.7 Å². The van der Waals surface area contributed by atoms with E-state index in [0.717, 1.165) is 11.4 Å². The van der Waals surface area contributed by atoms with Crippen LogP contribution in [0.1, 0.15) is 27.7 Å². The second-order valence-corrected chi connectivity index (χ2v) is 3.17. The Balaban J connectivity index is 5.25. The summed E-state index contributed by atoms with van der Waals surface area (Å²) in [6.07, 6.45) is 3.61. The minimum Gasteiger partial charge on any atom is -0.284 e. The normalized spacial score (nSPS) is 12.3. The van der Waals surface area contributed by atoms with E-state index in [-0.39, 0.29) is 5.91 Å². The van der Waals surface area contributed by atoms with Crippen LogP contribution in [0, 0.1) is 0 Å². The van der Waals surface area contributed by atoms with Gasteiger partial charge in [-0.1, -0.05) is 12.7 Å². The summed E-state index contributed by atoms with van der Waals surface area (Å²) in [7, 11) is 0. The van der Waals surface area contributed by atoms with E-state index < -0.39 is 0 Å². The molecular weight excluding hydrogens is 188 g/mol. The number of hydrogen-bond donors (Lipinski definition) is 0. The summed E-state index contributed by atoms with van der Waals surface area (Å²) in [5, 5.41) is 0. The molecule has 3 nitrogen and oxygen atoms in total. The molecule has 0 saturated heterocycles. The highest BCUT2D eigenvalue weighted by molar-refractivity contribution is 5.78. The van der Waals surface area contributed by atoms with Crippen molar-refractivity contribution in [1.82, 2.24) is 4.90 Å². The van der Waals surface area contributed by atoms with Crippen molar-refractivity contribution in [3.05, 3.63) is 35.8 Å². The molecule has 0 fully saturated rings. The Morgan fingerprint density at radius 3 is 2.20 bits per heavy atom. The van der Waals surface area contributed by atoms with Gasteiger partial charge in [0.25, 0.3) is 0 Å². The summed E-state index contributed by atoms with van der Waals surface area (Å²) in [6.45, 7) is 14.3. The average Bonchev–Trinajstić information content (AvgIpc) is 2.16. The van der Waals surface area contributed by atoms with Crippen LogP contribution < -0.4 is 0 Å². The first-order valence-electron chi connectivity index (χ1n) is 4.72. The quantitative estimate of drug-likeness (QED) is 0.514. The van der Waals surface area contributed by atoms with Crippen molar-refractivity contribution in [3.63, 3.8) is 0 Å². The number of amides is 1. The summed E-state index contributed by atoms with van der Waals surface area (Å²) >= 11 is 0. The monoisotopic (exact) mass is 206 g/mol. The zero-order chi connectivity index (χ0) is 12.0. The van der Waals surface area contributed by atoms with E-state index in [1.807, 2.05) is 19.9 Å². The van der Waals surface area contributed by atoms with E-state index in [4.69, 9.17) is 0 Å². The maximum absolute atomic E-state index is 11.5. The predicted octanol–water partition coefficient (Wildman–Crippen LogP) is 2.88. The zero-order valence-corrected chi connectivity index (χ0v) is 9.87. The fourth-order valence-electron chi connectivity index (χ4n) is 1.20. The van der Waals surface area contributed by atoms with E-state index in [2.05, 4.69) is 18.3 Å². The molecule has 15 heavy (non-hydrogen) atoms. The number of hydrogen-bond acceptors (Lipinski definition) is 2. The minimum atomic E-state index is -0.0846. The van der Waals surface area contributed by atoms with E-state index >= 15 is 0 Å². The summed E-state index contributed by atoms with van der Waals surface area (Å²) in [4.78, 5) is 16.8. The van der Waals surface area contributed by atoms with Crippen molar-refractivity contribution in [2.75, 3.05) is 0 Å². The molecule has 0 aliphatic rings. The van der Waals surface area contributed by atoms with Crippen molar-refractivity contribution < 1.29 is 4.79 Å². The van der Waals surface area contributed by atoms with Crippen LogP contribution in [0.25, 0.3) is 0 Å². The van der Waals surface area contributed by atoms with Crippen molar-refractivity contribution >= 4 is 12.6 Å². The Labute approximate surface area is 91.5 Å². The van der Waals surface area contributed by atoms with Gasteiger partial charge in [-0.3, -0.25) is 14.7 Å². The van der Waals surface area contributed by atoms with Crippen LogP contribution in [0.15, 0.2) is 40.8 Å². The van der Waals surface area contributed by atoms with E-state index in [9.17, 15) is 4.79 Å². The van der Waals surface area contributed by atoms with Crippen molar-refractivity contribution in [3.8, 4) is 0 Å². The highest BCUT2D eigenvalue weighted by Gasteiger charge is 2.14. The van der Waals surface area contributed by atoms with Crippen molar-refractivity contribution in [2.45, 2.75) is 27.7 Å². The van der Waals surface area contributed by atoms with Gasteiger partial charge in [0.1, 0.15) is 0 Å².